The molecule has 0 amide bonds. The van der Waals surface area contributed by atoms with Gasteiger partial charge in [0.05, 0.1) is 5.69 Å². The maximum Gasteiger partial charge on any atom is 0.184 e. The number of benzene rings is 1. The second-order valence-corrected chi connectivity index (χ2v) is 6.21. The first kappa shape index (κ1) is 15.3. The summed E-state index contributed by atoms with van der Waals surface area (Å²) in [5.74, 6) is 0.711. The van der Waals surface area contributed by atoms with E-state index in [4.69, 9.17) is 4.74 Å². The molecule has 1 fully saturated rings. The number of anilines is 1. The molecule has 1 aliphatic rings. The van der Waals surface area contributed by atoms with Crippen molar-refractivity contribution in [2.45, 2.75) is 19.4 Å². The second kappa shape index (κ2) is 6.59. The molecule has 1 saturated heterocycles. The maximum absolute atomic E-state index is 13.0. The molecule has 2 rings (SSSR count). The standard InChI is InChI=1S/C15H20BrFN2O/c1-10-6-7-19(3)9-15(10)20-11(2)18-14-5-4-12(17)8-13(14)16/h4-5,8,10,15,18H,2,6-7,9H2,1,3H3. The van der Waals surface area contributed by atoms with Crippen LogP contribution in [0, 0.1) is 11.7 Å². The Morgan fingerprint density at radius 3 is 3.00 bits per heavy atom. The molecule has 5 heteroatoms. The van der Waals surface area contributed by atoms with Gasteiger partial charge in [-0.3, -0.25) is 0 Å². The van der Waals surface area contributed by atoms with E-state index in [0.717, 1.165) is 25.2 Å². The monoisotopic (exact) mass is 342 g/mol. The molecule has 0 radical (unpaired) electrons. The number of hydrogen-bond donors (Lipinski definition) is 1. The fourth-order valence-electron chi connectivity index (χ4n) is 2.29. The Kier molecular flexibility index (Phi) is 5.05. The van der Waals surface area contributed by atoms with Crippen molar-refractivity contribution in [3.8, 4) is 0 Å². The first-order chi connectivity index (χ1) is 9.45. The highest BCUT2D eigenvalue weighted by Gasteiger charge is 2.26. The molecule has 1 aromatic rings. The fraction of sp³-hybridized carbons (Fsp3) is 0.467. The minimum absolute atomic E-state index is 0.132. The van der Waals surface area contributed by atoms with Crippen LogP contribution in [-0.4, -0.2) is 31.1 Å². The number of likely N-dealkylation sites (N-methyl/N-ethyl adjacent to an activating group) is 1. The van der Waals surface area contributed by atoms with E-state index in [0.29, 0.717) is 16.3 Å². The fourth-order valence-corrected chi connectivity index (χ4v) is 2.74. The summed E-state index contributed by atoms with van der Waals surface area (Å²) in [6.07, 6.45) is 1.25. The molecule has 20 heavy (non-hydrogen) atoms. The number of rotatable bonds is 4. The summed E-state index contributed by atoms with van der Waals surface area (Å²) in [4.78, 5) is 2.26. The van der Waals surface area contributed by atoms with Crippen molar-refractivity contribution >= 4 is 21.6 Å². The lowest BCUT2D eigenvalue weighted by atomic mass is 9.96. The zero-order valence-electron chi connectivity index (χ0n) is 11.8. The van der Waals surface area contributed by atoms with Crippen LogP contribution < -0.4 is 5.32 Å². The molecule has 0 spiro atoms. The zero-order chi connectivity index (χ0) is 14.7. The number of hydrogen-bond acceptors (Lipinski definition) is 3. The zero-order valence-corrected chi connectivity index (χ0v) is 13.4. The van der Waals surface area contributed by atoms with Gasteiger partial charge in [-0.15, -0.1) is 0 Å². The van der Waals surface area contributed by atoms with E-state index in [1.54, 1.807) is 6.07 Å². The third-order valence-corrected chi connectivity index (χ3v) is 4.25. The largest absolute Gasteiger partial charge is 0.474 e. The molecule has 0 bridgehead atoms. The lowest BCUT2D eigenvalue weighted by molar-refractivity contribution is 0.0145. The normalized spacial score (nSPS) is 23.4. The van der Waals surface area contributed by atoms with E-state index in [2.05, 4.69) is 46.7 Å². The van der Waals surface area contributed by atoms with E-state index in [1.807, 2.05) is 0 Å². The van der Waals surface area contributed by atoms with Crippen LogP contribution in [0.3, 0.4) is 0 Å². The van der Waals surface area contributed by atoms with Crippen molar-refractivity contribution in [1.82, 2.24) is 4.90 Å². The van der Waals surface area contributed by atoms with Crippen LogP contribution in [0.1, 0.15) is 13.3 Å². The van der Waals surface area contributed by atoms with Gasteiger partial charge in [0.15, 0.2) is 5.88 Å². The molecule has 1 aromatic carbocycles. The number of ether oxygens (including phenoxy) is 1. The number of nitrogens with zero attached hydrogens (tertiary/aromatic N) is 1. The van der Waals surface area contributed by atoms with Crippen molar-refractivity contribution in [3.63, 3.8) is 0 Å². The van der Waals surface area contributed by atoms with Gasteiger partial charge in [0.1, 0.15) is 11.9 Å². The summed E-state index contributed by atoms with van der Waals surface area (Å²) in [5, 5.41) is 3.07. The van der Waals surface area contributed by atoms with Gasteiger partial charge >= 0.3 is 0 Å². The average Bonchev–Trinajstić information content (AvgIpc) is 2.37. The van der Waals surface area contributed by atoms with E-state index in [-0.39, 0.29) is 11.9 Å². The Balaban J connectivity index is 1.94. The summed E-state index contributed by atoms with van der Waals surface area (Å²) in [6, 6.07) is 4.47. The molecule has 3 nitrogen and oxygen atoms in total. The Labute approximate surface area is 127 Å². The van der Waals surface area contributed by atoms with Gasteiger partial charge in [-0.25, -0.2) is 4.39 Å². The third-order valence-electron chi connectivity index (χ3n) is 3.59. The lowest BCUT2D eigenvalue weighted by Gasteiger charge is -2.35. The Morgan fingerprint density at radius 2 is 2.30 bits per heavy atom. The van der Waals surface area contributed by atoms with Crippen LogP contribution >= 0.6 is 15.9 Å². The topological polar surface area (TPSA) is 24.5 Å². The van der Waals surface area contributed by atoms with Crippen LogP contribution in [0.4, 0.5) is 10.1 Å². The quantitative estimate of drug-likeness (QED) is 0.841. The van der Waals surface area contributed by atoms with Gasteiger partial charge in [0.2, 0.25) is 0 Å². The molecule has 0 aliphatic carbocycles. The van der Waals surface area contributed by atoms with Gasteiger partial charge in [0, 0.05) is 11.0 Å². The number of halogens is 2. The van der Waals surface area contributed by atoms with Crippen LogP contribution in [0.5, 0.6) is 0 Å². The Hall–Kier alpha value is -1.07. The molecule has 0 aromatic heterocycles. The van der Waals surface area contributed by atoms with Crippen LogP contribution in [-0.2, 0) is 4.74 Å². The molecule has 110 valence electrons. The molecule has 1 N–H and O–H groups in total. The summed E-state index contributed by atoms with van der Waals surface area (Å²) in [6.45, 7) is 8.09. The highest BCUT2D eigenvalue weighted by Crippen LogP contribution is 2.26. The third kappa shape index (κ3) is 3.96. The van der Waals surface area contributed by atoms with Gasteiger partial charge in [-0.05, 0) is 66.6 Å². The van der Waals surface area contributed by atoms with E-state index >= 15 is 0 Å². The maximum atomic E-state index is 13.0. The first-order valence-electron chi connectivity index (χ1n) is 6.72. The van der Waals surface area contributed by atoms with E-state index < -0.39 is 0 Å². The summed E-state index contributed by atoms with van der Waals surface area (Å²) in [7, 11) is 2.09. The molecule has 1 heterocycles. The molecular weight excluding hydrogens is 323 g/mol. The highest BCUT2D eigenvalue weighted by atomic mass is 79.9. The van der Waals surface area contributed by atoms with Crippen LogP contribution in [0.15, 0.2) is 35.1 Å². The van der Waals surface area contributed by atoms with Crippen molar-refractivity contribution in [1.29, 1.82) is 0 Å². The van der Waals surface area contributed by atoms with E-state index in [1.165, 1.54) is 12.1 Å². The lowest BCUT2D eigenvalue weighted by Crippen LogP contribution is -2.42. The summed E-state index contributed by atoms with van der Waals surface area (Å²) < 4.78 is 19.6. The molecule has 2 unspecified atom stereocenters. The predicted molar refractivity (Wildman–Crippen MR) is 83.0 cm³/mol. The molecule has 1 aliphatic heterocycles. The molecular formula is C15H20BrFN2O. The van der Waals surface area contributed by atoms with Crippen LogP contribution in [0.2, 0.25) is 0 Å². The smallest absolute Gasteiger partial charge is 0.184 e. The van der Waals surface area contributed by atoms with Crippen molar-refractivity contribution in [2.75, 3.05) is 25.5 Å². The molecule has 0 saturated carbocycles. The van der Waals surface area contributed by atoms with Gasteiger partial charge in [-0.1, -0.05) is 6.92 Å². The number of likely N-dealkylation sites (tertiary alicyclic amines) is 1. The van der Waals surface area contributed by atoms with Crippen molar-refractivity contribution in [3.05, 3.63) is 41.0 Å². The number of nitrogens with one attached hydrogen (secondary N) is 1. The Morgan fingerprint density at radius 1 is 1.55 bits per heavy atom. The second-order valence-electron chi connectivity index (χ2n) is 5.36. The van der Waals surface area contributed by atoms with Crippen molar-refractivity contribution in [2.24, 2.45) is 5.92 Å². The first-order valence-corrected chi connectivity index (χ1v) is 7.51. The van der Waals surface area contributed by atoms with Crippen molar-refractivity contribution < 1.29 is 9.13 Å². The van der Waals surface area contributed by atoms with E-state index in [9.17, 15) is 4.39 Å². The van der Waals surface area contributed by atoms with Crippen LogP contribution in [0.25, 0.3) is 0 Å². The van der Waals surface area contributed by atoms with Gasteiger partial charge < -0.3 is 15.0 Å². The highest BCUT2D eigenvalue weighted by molar-refractivity contribution is 9.10. The minimum Gasteiger partial charge on any atom is -0.474 e. The molecule has 2 atom stereocenters. The predicted octanol–water partition coefficient (Wildman–Crippen LogP) is 3.83. The van der Waals surface area contributed by atoms with Gasteiger partial charge in [0.25, 0.3) is 0 Å². The minimum atomic E-state index is -0.281. The average molecular weight is 343 g/mol. The summed E-state index contributed by atoms with van der Waals surface area (Å²) in [5.41, 5.74) is 0.744. The number of piperidine rings is 1. The summed E-state index contributed by atoms with van der Waals surface area (Å²) >= 11 is 3.31. The SMILES string of the molecule is C=C(Nc1ccc(F)cc1Br)OC1CN(C)CCC1C. The van der Waals surface area contributed by atoms with Gasteiger partial charge in [-0.2, -0.15) is 0 Å². The Bertz CT molecular complexity index is 495.